The lowest BCUT2D eigenvalue weighted by molar-refractivity contribution is -0.131. The van der Waals surface area contributed by atoms with Crippen LogP contribution in [0.5, 0.6) is 5.75 Å². The SMILES string of the molecule is CCn1c(COc2cccc(C)c2C)nnc1SCC(=O)N1CCCC[C@H]1C. The first-order valence-corrected chi connectivity index (χ1v) is 11.0. The van der Waals surface area contributed by atoms with Crippen LogP contribution in [-0.2, 0) is 17.9 Å². The third-order valence-electron chi connectivity index (χ3n) is 5.47. The van der Waals surface area contributed by atoms with Gasteiger partial charge in [0.05, 0.1) is 5.75 Å². The number of piperidine rings is 1. The van der Waals surface area contributed by atoms with Crippen molar-refractivity contribution in [3.63, 3.8) is 0 Å². The molecule has 28 heavy (non-hydrogen) atoms. The van der Waals surface area contributed by atoms with E-state index in [9.17, 15) is 4.79 Å². The molecule has 1 saturated heterocycles. The van der Waals surface area contributed by atoms with Crippen LogP contribution in [0, 0.1) is 13.8 Å². The predicted octanol–water partition coefficient (Wildman–Crippen LogP) is 3.99. The molecule has 2 aromatic rings. The molecular weight excluding hydrogens is 372 g/mol. The van der Waals surface area contributed by atoms with E-state index in [2.05, 4.69) is 44.0 Å². The molecule has 0 unspecified atom stereocenters. The summed E-state index contributed by atoms with van der Waals surface area (Å²) in [7, 11) is 0. The van der Waals surface area contributed by atoms with Gasteiger partial charge in [-0.05, 0) is 64.2 Å². The Bertz CT molecular complexity index is 821. The Labute approximate surface area is 171 Å². The first kappa shape index (κ1) is 20.7. The van der Waals surface area contributed by atoms with Crippen molar-refractivity contribution >= 4 is 17.7 Å². The average Bonchev–Trinajstić information content (AvgIpc) is 3.09. The zero-order chi connectivity index (χ0) is 20.1. The quantitative estimate of drug-likeness (QED) is 0.656. The van der Waals surface area contributed by atoms with Crippen molar-refractivity contribution in [1.29, 1.82) is 0 Å². The first-order chi connectivity index (χ1) is 13.5. The smallest absolute Gasteiger partial charge is 0.233 e. The van der Waals surface area contributed by atoms with E-state index < -0.39 is 0 Å². The summed E-state index contributed by atoms with van der Waals surface area (Å²) < 4.78 is 8.02. The normalized spacial score (nSPS) is 17.0. The predicted molar refractivity (Wildman–Crippen MR) is 112 cm³/mol. The Hall–Kier alpha value is -2.02. The Balaban J connectivity index is 1.61. The lowest BCUT2D eigenvalue weighted by Crippen LogP contribution is -2.43. The van der Waals surface area contributed by atoms with E-state index in [-0.39, 0.29) is 5.91 Å². The van der Waals surface area contributed by atoms with Crippen LogP contribution in [0.1, 0.15) is 50.1 Å². The molecule has 0 spiro atoms. The summed E-state index contributed by atoms with van der Waals surface area (Å²) in [6.07, 6.45) is 3.42. The van der Waals surface area contributed by atoms with E-state index in [0.29, 0.717) is 18.4 Å². The van der Waals surface area contributed by atoms with E-state index >= 15 is 0 Å². The maximum absolute atomic E-state index is 12.6. The lowest BCUT2D eigenvalue weighted by Gasteiger charge is -2.33. The van der Waals surface area contributed by atoms with Crippen molar-refractivity contribution in [1.82, 2.24) is 19.7 Å². The van der Waals surface area contributed by atoms with Gasteiger partial charge < -0.3 is 14.2 Å². The van der Waals surface area contributed by atoms with Gasteiger partial charge in [0, 0.05) is 19.1 Å². The van der Waals surface area contributed by atoms with Crippen LogP contribution in [-0.4, -0.2) is 43.9 Å². The Morgan fingerprint density at radius 1 is 1.29 bits per heavy atom. The minimum atomic E-state index is 0.191. The van der Waals surface area contributed by atoms with Crippen LogP contribution in [0.25, 0.3) is 0 Å². The zero-order valence-corrected chi connectivity index (χ0v) is 18.1. The fourth-order valence-corrected chi connectivity index (χ4v) is 4.46. The highest BCUT2D eigenvalue weighted by atomic mass is 32.2. The number of aryl methyl sites for hydroxylation is 1. The summed E-state index contributed by atoms with van der Waals surface area (Å²) in [5.41, 5.74) is 2.34. The van der Waals surface area contributed by atoms with Gasteiger partial charge in [-0.1, -0.05) is 23.9 Å². The maximum atomic E-state index is 12.6. The van der Waals surface area contributed by atoms with Crippen molar-refractivity contribution in [2.75, 3.05) is 12.3 Å². The number of carbonyl (C=O) groups excluding carboxylic acids is 1. The number of likely N-dealkylation sites (tertiary alicyclic amines) is 1. The molecule has 0 bridgehead atoms. The van der Waals surface area contributed by atoms with Gasteiger partial charge in [-0.2, -0.15) is 0 Å². The van der Waals surface area contributed by atoms with Crippen LogP contribution in [0.2, 0.25) is 0 Å². The highest BCUT2D eigenvalue weighted by molar-refractivity contribution is 7.99. The number of aromatic nitrogens is 3. The zero-order valence-electron chi connectivity index (χ0n) is 17.3. The number of nitrogens with zero attached hydrogens (tertiary/aromatic N) is 4. The van der Waals surface area contributed by atoms with Crippen LogP contribution in [0.15, 0.2) is 23.4 Å². The van der Waals surface area contributed by atoms with Gasteiger partial charge in [0.15, 0.2) is 11.0 Å². The summed E-state index contributed by atoms with van der Waals surface area (Å²) in [5.74, 6) is 2.25. The summed E-state index contributed by atoms with van der Waals surface area (Å²) >= 11 is 1.47. The molecule has 0 N–H and O–H groups in total. The highest BCUT2D eigenvalue weighted by Gasteiger charge is 2.24. The molecule has 0 saturated carbocycles. The second-order valence-electron chi connectivity index (χ2n) is 7.35. The van der Waals surface area contributed by atoms with Gasteiger partial charge in [-0.15, -0.1) is 10.2 Å². The molecule has 6 nitrogen and oxygen atoms in total. The number of rotatable bonds is 7. The van der Waals surface area contributed by atoms with E-state index in [1.54, 1.807) is 0 Å². The average molecular weight is 403 g/mol. The second-order valence-corrected chi connectivity index (χ2v) is 8.29. The molecule has 2 heterocycles. The number of ether oxygens (including phenoxy) is 1. The van der Waals surface area contributed by atoms with Crippen molar-refractivity contribution < 1.29 is 9.53 Å². The highest BCUT2D eigenvalue weighted by Crippen LogP contribution is 2.24. The number of carbonyl (C=O) groups is 1. The standard InChI is InChI=1S/C21H30N4O2S/c1-5-24-19(13-27-18-11-8-9-15(2)17(18)4)22-23-21(24)28-14-20(26)25-12-7-6-10-16(25)3/h8-9,11,16H,5-7,10,12-14H2,1-4H3/t16-/m1/s1. The van der Waals surface area contributed by atoms with Crippen molar-refractivity contribution in [3.8, 4) is 5.75 Å². The summed E-state index contributed by atoms with van der Waals surface area (Å²) in [5, 5.41) is 9.38. The molecule has 1 aromatic heterocycles. The number of benzene rings is 1. The molecule has 1 atom stereocenters. The fraction of sp³-hybridized carbons (Fsp3) is 0.571. The van der Waals surface area contributed by atoms with Gasteiger partial charge in [0.2, 0.25) is 5.91 Å². The third-order valence-corrected chi connectivity index (χ3v) is 6.42. The van der Waals surface area contributed by atoms with Gasteiger partial charge in [0.1, 0.15) is 12.4 Å². The maximum Gasteiger partial charge on any atom is 0.233 e. The van der Waals surface area contributed by atoms with Crippen molar-refractivity contribution in [2.45, 2.75) is 71.3 Å². The minimum Gasteiger partial charge on any atom is -0.485 e. The van der Waals surface area contributed by atoms with Gasteiger partial charge in [-0.3, -0.25) is 4.79 Å². The fourth-order valence-electron chi connectivity index (χ4n) is 3.55. The molecule has 152 valence electrons. The Morgan fingerprint density at radius 2 is 2.11 bits per heavy atom. The van der Waals surface area contributed by atoms with Gasteiger partial charge in [-0.25, -0.2) is 0 Å². The van der Waals surface area contributed by atoms with Crippen molar-refractivity contribution in [3.05, 3.63) is 35.2 Å². The molecule has 1 fully saturated rings. The van der Waals surface area contributed by atoms with Crippen LogP contribution in [0.3, 0.4) is 0 Å². The third kappa shape index (κ3) is 4.69. The number of hydrogen-bond donors (Lipinski definition) is 0. The molecular formula is C21H30N4O2S. The van der Waals surface area contributed by atoms with E-state index in [1.165, 1.54) is 23.7 Å². The molecule has 1 amide bonds. The first-order valence-electron chi connectivity index (χ1n) is 10.0. The van der Waals surface area contributed by atoms with Crippen LogP contribution in [0.4, 0.5) is 0 Å². The summed E-state index contributed by atoms with van der Waals surface area (Å²) in [6, 6.07) is 6.39. The topological polar surface area (TPSA) is 60.2 Å². The Morgan fingerprint density at radius 3 is 2.86 bits per heavy atom. The van der Waals surface area contributed by atoms with E-state index in [0.717, 1.165) is 48.2 Å². The largest absolute Gasteiger partial charge is 0.485 e. The molecule has 3 rings (SSSR count). The number of amides is 1. The molecule has 0 radical (unpaired) electrons. The Kier molecular flexibility index (Phi) is 6.99. The minimum absolute atomic E-state index is 0.191. The summed E-state index contributed by atoms with van der Waals surface area (Å²) in [4.78, 5) is 14.6. The lowest BCUT2D eigenvalue weighted by atomic mass is 10.0. The monoisotopic (exact) mass is 402 g/mol. The molecule has 1 aliphatic rings. The van der Waals surface area contributed by atoms with Crippen LogP contribution >= 0.6 is 11.8 Å². The number of hydrogen-bond acceptors (Lipinski definition) is 5. The van der Waals surface area contributed by atoms with Gasteiger partial charge >= 0.3 is 0 Å². The summed E-state index contributed by atoms with van der Waals surface area (Å²) in [6.45, 7) is 10.3. The molecule has 7 heteroatoms. The van der Waals surface area contributed by atoms with E-state index in [1.807, 2.05) is 21.6 Å². The van der Waals surface area contributed by atoms with Gasteiger partial charge in [0.25, 0.3) is 0 Å². The second kappa shape index (κ2) is 9.45. The molecule has 1 aromatic carbocycles. The number of thioether (sulfide) groups is 1. The van der Waals surface area contributed by atoms with E-state index in [4.69, 9.17) is 4.74 Å². The van der Waals surface area contributed by atoms with Crippen molar-refractivity contribution in [2.24, 2.45) is 0 Å². The molecule has 0 aliphatic carbocycles. The van der Waals surface area contributed by atoms with Crippen LogP contribution < -0.4 is 4.74 Å². The molecule has 1 aliphatic heterocycles.